The lowest BCUT2D eigenvalue weighted by Crippen LogP contribution is -2.09. The summed E-state index contributed by atoms with van der Waals surface area (Å²) in [5, 5.41) is 8.64. The van der Waals surface area contributed by atoms with Crippen molar-refractivity contribution < 1.29 is 0 Å². The number of hydrogen-bond donors (Lipinski definition) is 1. The van der Waals surface area contributed by atoms with Gasteiger partial charge >= 0.3 is 0 Å². The van der Waals surface area contributed by atoms with Gasteiger partial charge in [0.2, 0.25) is 0 Å². The minimum absolute atomic E-state index is 0.784. The van der Waals surface area contributed by atoms with Crippen molar-refractivity contribution >= 4 is 11.6 Å². The van der Waals surface area contributed by atoms with Crippen molar-refractivity contribution in [1.82, 2.24) is 15.1 Å². The Labute approximate surface area is 126 Å². The van der Waals surface area contributed by atoms with Crippen LogP contribution in [0.15, 0.2) is 18.2 Å². The van der Waals surface area contributed by atoms with Crippen LogP contribution in [0.1, 0.15) is 28.9 Å². The van der Waals surface area contributed by atoms with Crippen LogP contribution in [0.4, 0.5) is 0 Å². The van der Waals surface area contributed by atoms with E-state index in [0.29, 0.717) is 0 Å². The Balaban J connectivity index is 2.33. The summed E-state index contributed by atoms with van der Waals surface area (Å²) in [6.45, 7) is 7.24. The standard InChI is InChI=1S/C16H22ClN3/c1-11-7-8-14(10-16(11)17)20-13(3)15(12(2)19-20)6-5-9-18-4/h7-8,10,18H,5-6,9H2,1-4H3. The largest absolute Gasteiger partial charge is 0.320 e. The van der Waals surface area contributed by atoms with Crippen molar-refractivity contribution in [2.24, 2.45) is 0 Å². The Hall–Kier alpha value is -1.32. The van der Waals surface area contributed by atoms with E-state index in [2.05, 4.69) is 30.3 Å². The molecule has 4 heteroatoms. The fourth-order valence-electron chi connectivity index (χ4n) is 2.44. The molecule has 2 aromatic rings. The molecule has 3 nitrogen and oxygen atoms in total. The molecule has 2 rings (SSSR count). The summed E-state index contributed by atoms with van der Waals surface area (Å²) in [5.41, 5.74) is 5.78. The van der Waals surface area contributed by atoms with Crippen LogP contribution in [-0.2, 0) is 6.42 Å². The fraction of sp³-hybridized carbons (Fsp3) is 0.438. The van der Waals surface area contributed by atoms with Crippen molar-refractivity contribution in [2.75, 3.05) is 13.6 Å². The van der Waals surface area contributed by atoms with Crippen molar-refractivity contribution in [2.45, 2.75) is 33.6 Å². The van der Waals surface area contributed by atoms with Crippen LogP contribution in [-0.4, -0.2) is 23.4 Å². The average molecular weight is 292 g/mol. The zero-order valence-electron chi connectivity index (χ0n) is 12.6. The van der Waals surface area contributed by atoms with Crippen LogP contribution in [0.25, 0.3) is 5.69 Å². The van der Waals surface area contributed by atoms with Gasteiger partial charge in [0.05, 0.1) is 11.4 Å². The number of hydrogen-bond acceptors (Lipinski definition) is 2. The molecule has 0 fully saturated rings. The maximum Gasteiger partial charge on any atom is 0.0663 e. The number of rotatable bonds is 5. The molecule has 1 aromatic heterocycles. The molecule has 0 atom stereocenters. The summed E-state index contributed by atoms with van der Waals surface area (Å²) in [6, 6.07) is 6.08. The van der Waals surface area contributed by atoms with Crippen LogP contribution in [0.5, 0.6) is 0 Å². The number of aryl methyl sites for hydroxylation is 2. The molecule has 20 heavy (non-hydrogen) atoms. The SMILES string of the molecule is CNCCCc1c(C)nn(-c2ccc(C)c(Cl)c2)c1C. The minimum Gasteiger partial charge on any atom is -0.320 e. The number of benzene rings is 1. The van der Waals surface area contributed by atoms with Gasteiger partial charge in [0.25, 0.3) is 0 Å². The van der Waals surface area contributed by atoms with Crippen molar-refractivity contribution in [3.8, 4) is 5.69 Å². The van der Waals surface area contributed by atoms with E-state index in [-0.39, 0.29) is 0 Å². The maximum atomic E-state index is 6.22. The molecule has 0 spiro atoms. The lowest BCUT2D eigenvalue weighted by atomic mass is 10.1. The second-order valence-corrected chi connectivity index (χ2v) is 5.61. The molecule has 1 N–H and O–H groups in total. The third-order valence-corrected chi connectivity index (χ3v) is 4.10. The summed E-state index contributed by atoms with van der Waals surface area (Å²) in [6.07, 6.45) is 2.18. The summed E-state index contributed by atoms with van der Waals surface area (Å²) < 4.78 is 2.00. The first-order valence-corrected chi connectivity index (χ1v) is 7.38. The molecular weight excluding hydrogens is 270 g/mol. The van der Waals surface area contributed by atoms with Gasteiger partial charge in [-0.25, -0.2) is 4.68 Å². The van der Waals surface area contributed by atoms with Crippen LogP contribution in [0.3, 0.4) is 0 Å². The zero-order valence-corrected chi connectivity index (χ0v) is 13.4. The topological polar surface area (TPSA) is 29.9 Å². The zero-order chi connectivity index (χ0) is 14.7. The first-order valence-electron chi connectivity index (χ1n) is 7.00. The normalized spacial score (nSPS) is 11.1. The number of nitrogens with zero attached hydrogens (tertiary/aromatic N) is 2. The van der Waals surface area contributed by atoms with E-state index in [9.17, 15) is 0 Å². The highest BCUT2D eigenvalue weighted by molar-refractivity contribution is 6.31. The molecule has 0 amide bonds. The number of halogens is 1. The summed E-state index contributed by atoms with van der Waals surface area (Å²) >= 11 is 6.22. The third-order valence-electron chi connectivity index (χ3n) is 3.69. The summed E-state index contributed by atoms with van der Waals surface area (Å²) in [4.78, 5) is 0. The van der Waals surface area contributed by atoms with Gasteiger partial charge in [0, 0.05) is 10.7 Å². The van der Waals surface area contributed by atoms with Gasteiger partial charge in [-0.1, -0.05) is 17.7 Å². The van der Waals surface area contributed by atoms with Crippen LogP contribution in [0, 0.1) is 20.8 Å². The molecule has 0 radical (unpaired) electrons. The third kappa shape index (κ3) is 3.05. The molecular formula is C16H22ClN3. The monoisotopic (exact) mass is 291 g/mol. The van der Waals surface area contributed by atoms with E-state index in [1.807, 2.05) is 30.8 Å². The van der Waals surface area contributed by atoms with E-state index >= 15 is 0 Å². The molecule has 108 valence electrons. The number of nitrogens with one attached hydrogen (secondary N) is 1. The highest BCUT2D eigenvalue weighted by Gasteiger charge is 2.12. The van der Waals surface area contributed by atoms with Crippen molar-refractivity contribution in [3.63, 3.8) is 0 Å². The number of aromatic nitrogens is 2. The quantitative estimate of drug-likeness (QED) is 0.853. The maximum absolute atomic E-state index is 6.22. The van der Waals surface area contributed by atoms with Gasteiger partial charge in [0.15, 0.2) is 0 Å². The average Bonchev–Trinajstić information content (AvgIpc) is 2.70. The van der Waals surface area contributed by atoms with Gasteiger partial charge in [0.1, 0.15) is 0 Å². The predicted octanol–water partition coefficient (Wildman–Crippen LogP) is 3.60. The molecule has 0 bridgehead atoms. The molecule has 1 aromatic carbocycles. The van der Waals surface area contributed by atoms with E-state index < -0.39 is 0 Å². The Kier molecular flexibility index (Phi) is 4.84. The van der Waals surface area contributed by atoms with Crippen molar-refractivity contribution in [3.05, 3.63) is 45.7 Å². The highest BCUT2D eigenvalue weighted by atomic mass is 35.5. The molecule has 0 aliphatic heterocycles. The van der Waals surface area contributed by atoms with Gasteiger partial charge in [-0.2, -0.15) is 5.10 Å². The van der Waals surface area contributed by atoms with E-state index in [0.717, 1.165) is 41.4 Å². The Morgan fingerprint density at radius 3 is 2.65 bits per heavy atom. The second-order valence-electron chi connectivity index (χ2n) is 5.20. The first-order chi connectivity index (χ1) is 9.54. The minimum atomic E-state index is 0.784. The van der Waals surface area contributed by atoms with Gasteiger partial charge in [-0.15, -0.1) is 0 Å². The van der Waals surface area contributed by atoms with Crippen LogP contribution >= 0.6 is 11.6 Å². The second kappa shape index (κ2) is 6.42. The molecule has 0 saturated heterocycles. The predicted molar refractivity (Wildman–Crippen MR) is 85.0 cm³/mol. The Morgan fingerprint density at radius 2 is 2.00 bits per heavy atom. The molecule has 0 aliphatic carbocycles. The smallest absolute Gasteiger partial charge is 0.0663 e. The van der Waals surface area contributed by atoms with Crippen LogP contribution in [0.2, 0.25) is 5.02 Å². The molecule has 0 unspecified atom stereocenters. The summed E-state index contributed by atoms with van der Waals surface area (Å²) in [7, 11) is 1.98. The van der Waals surface area contributed by atoms with Gasteiger partial charge in [-0.05, 0) is 70.5 Å². The van der Waals surface area contributed by atoms with Crippen molar-refractivity contribution in [1.29, 1.82) is 0 Å². The lowest BCUT2D eigenvalue weighted by Gasteiger charge is -2.07. The first kappa shape index (κ1) is 15.1. The summed E-state index contributed by atoms with van der Waals surface area (Å²) in [5.74, 6) is 0. The molecule has 0 saturated carbocycles. The van der Waals surface area contributed by atoms with Crippen LogP contribution < -0.4 is 5.32 Å². The van der Waals surface area contributed by atoms with E-state index in [4.69, 9.17) is 11.6 Å². The van der Waals surface area contributed by atoms with Gasteiger partial charge in [-0.3, -0.25) is 0 Å². The highest BCUT2D eigenvalue weighted by Crippen LogP contribution is 2.23. The lowest BCUT2D eigenvalue weighted by molar-refractivity contribution is 0.720. The Morgan fingerprint density at radius 1 is 1.25 bits per heavy atom. The van der Waals surface area contributed by atoms with E-state index in [1.54, 1.807) is 0 Å². The Bertz CT molecular complexity index is 602. The van der Waals surface area contributed by atoms with E-state index in [1.165, 1.54) is 11.3 Å². The molecule has 1 heterocycles. The van der Waals surface area contributed by atoms with Gasteiger partial charge < -0.3 is 5.32 Å². The fourth-order valence-corrected chi connectivity index (χ4v) is 2.62. The molecule has 0 aliphatic rings.